The van der Waals surface area contributed by atoms with Gasteiger partial charge < -0.3 is 11.1 Å². The van der Waals surface area contributed by atoms with Gasteiger partial charge in [0.05, 0.1) is 22.2 Å². The normalized spacial score (nSPS) is 22.5. The summed E-state index contributed by atoms with van der Waals surface area (Å²) in [4.78, 5) is 0. The summed E-state index contributed by atoms with van der Waals surface area (Å²) in [5, 5.41) is 3.73. The van der Waals surface area contributed by atoms with Crippen molar-refractivity contribution in [3.05, 3.63) is 23.2 Å². The molecule has 0 radical (unpaired) electrons. The molecule has 1 saturated heterocycles. The summed E-state index contributed by atoms with van der Waals surface area (Å²) in [6, 6.07) is 5.25. The largest absolute Gasteiger partial charge is 0.399 e. The summed E-state index contributed by atoms with van der Waals surface area (Å²) >= 11 is 6.01. The number of hydrogen-bond acceptors (Lipinski definition) is 4. The Bertz CT molecular complexity index is 516. The van der Waals surface area contributed by atoms with Crippen molar-refractivity contribution >= 4 is 32.8 Å². The smallest absolute Gasteiger partial charge is 0.150 e. The topological polar surface area (TPSA) is 72.2 Å². The molecule has 4 nitrogen and oxygen atoms in total. The summed E-state index contributed by atoms with van der Waals surface area (Å²) in [7, 11) is -2.81. The minimum atomic E-state index is -2.81. The fraction of sp³-hybridized carbons (Fsp3) is 0.455. The lowest BCUT2D eigenvalue weighted by Crippen LogP contribution is -2.15. The molecular weight excluding hydrogens is 260 g/mol. The van der Waals surface area contributed by atoms with E-state index >= 15 is 0 Å². The highest BCUT2D eigenvalue weighted by Crippen LogP contribution is 2.25. The minimum Gasteiger partial charge on any atom is -0.399 e. The minimum absolute atomic E-state index is 0.175. The van der Waals surface area contributed by atoms with Gasteiger partial charge in [-0.1, -0.05) is 11.6 Å². The molecule has 1 atom stereocenters. The summed E-state index contributed by atoms with van der Waals surface area (Å²) in [6.07, 6.45) is 0.724. The zero-order valence-corrected chi connectivity index (χ0v) is 10.9. The van der Waals surface area contributed by atoms with Gasteiger partial charge in [-0.15, -0.1) is 0 Å². The molecule has 6 heteroatoms. The molecule has 0 aromatic heterocycles. The number of hydrogen-bond donors (Lipinski definition) is 2. The summed E-state index contributed by atoms with van der Waals surface area (Å²) < 4.78 is 22.6. The average Bonchev–Trinajstić information content (AvgIpc) is 2.57. The van der Waals surface area contributed by atoms with E-state index in [1.807, 2.05) is 0 Å². The number of halogens is 1. The summed E-state index contributed by atoms with van der Waals surface area (Å²) in [5.41, 5.74) is 7.00. The maximum Gasteiger partial charge on any atom is 0.150 e. The molecule has 1 fully saturated rings. The SMILES string of the molecule is Nc1ccc(NCC2CCS(=O)(=O)C2)c(Cl)c1. The Balaban J connectivity index is 1.95. The number of nitrogens with two attached hydrogens (primary N) is 1. The zero-order valence-electron chi connectivity index (χ0n) is 9.32. The Morgan fingerprint density at radius 2 is 2.24 bits per heavy atom. The van der Waals surface area contributed by atoms with Crippen molar-refractivity contribution in [3.63, 3.8) is 0 Å². The molecule has 1 aliphatic rings. The van der Waals surface area contributed by atoms with Crippen molar-refractivity contribution in [1.29, 1.82) is 0 Å². The van der Waals surface area contributed by atoms with Crippen molar-refractivity contribution in [2.24, 2.45) is 5.92 Å². The first-order chi connectivity index (χ1) is 7.96. The predicted molar refractivity (Wildman–Crippen MR) is 71.1 cm³/mol. The zero-order chi connectivity index (χ0) is 12.5. The molecule has 1 heterocycles. The molecule has 94 valence electrons. The van der Waals surface area contributed by atoms with E-state index in [0.717, 1.165) is 12.1 Å². The molecule has 0 saturated carbocycles. The Kier molecular flexibility index (Phi) is 3.49. The maximum atomic E-state index is 11.3. The Labute approximate surface area is 106 Å². The van der Waals surface area contributed by atoms with E-state index in [4.69, 9.17) is 17.3 Å². The first-order valence-corrected chi connectivity index (χ1v) is 7.65. The quantitative estimate of drug-likeness (QED) is 0.824. The van der Waals surface area contributed by atoms with Gasteiger partial charge in [0.2, 0.25) is 0 Å². The van der Waals surface area contributed by atoms with Gasteiger partial charge in [-0.25, -0.2) is 8.42 Å². The van der Waals surface area contributed by atoms with E-state index in [2.05, 4.69) is 5.32 Å². The highest BCUT2D eigenvalue weighted by atomic mass is 35.5. The van der Waals surface area contributed by atoms with Gasteiger partial charge in [0, 0.05) is 12.2 Å². The van der Waals surface area contributed by atoms with Crippen molar-refractivity contribution in [2.45, 2.75) is 6.42 Å². The predicted octanol–water partition coefficient (Wildman–Crippen LogP) is 1.77. The molecule has 0 amide bonds. The third-order valence-electron chi connectivity index (χ3n) is 2.90. The molecule has 3 N–H and O–H groups in total. The second kappa shape index (κ2) is 4.74. The molecule has 1 aliphatic heterocycles. The van der Waals surface area contributed by atoms with E-state index in [9.17, 15) is 8.42 Å². The van der Waals surface area contributed by atoms with E-state index < -0.39 is 9.84 Å². The van der Waals surface area contributed by atoms with Crippen LogP contribution < -0.4 is 11.1 Å². The first-order valence-electron chi connectivity index (χ1n) is 5.45. The van der Waals surface area contributed by atoms with Gasteiger partial charge >= 0.3 is 0 Å². The van der Waals surface area contributed by atoms with Gasteiger partial charge in [-0.05, 0) is 30.5 Å². The lowest BCUT2D eigenvalue weighted by atomic mass is 10.1. The maximum absolute atomic E-state index is 11.3. The Morgan fingerprint density at radius 1 is 1.47 bits per heavy atom. The van der Waals surface area contributed by atoms with Crippen LogP contribution in [0.25, 0.3) is 0 Å². The molecule has 17 heavy (non-hydrogen) atoms. The van der Waals surface area contributed by atoms with E-state index in [-0.39, 0.29) is 11.7 Å². The van der Waals surface area contributed by atoms with Crippen LogP contribution in [0.3, 0.4) is 0 Å². The van der Waals surface area contributed by atoms with Crippen LogP contribution in [0.1, 0.15) is 6.42 Å². The number of sulfone groups is 1. The highest BCUT2D eigenvalue weighted by Gasteiger charge is 2.27. The van der Waals surface area contributed by atoms with Gasteiger partial charge in [0.25, 0.3) is 0 Å². The third-order valence-corrected chi connectivity index (χ3v) is 5.05. The molecular formula is C11H15ClN2O2S. The number of nitrogens with one attached hydrogen (secondary N) is 1. The molecule has 2 rings (SSSR count). The third kappa shape index (κ3) is 3.26. The lowest BCUT2D eigenvalue weighted by Gasteiger charge is -2.12. The molecule has 0 aliphatic carbocycles. The van der Waals surface area contributed by atoms with Gasteiger partial charge in [-0.2, -0.15) is 0 Å². The highest BCUT2D eigenvalue weighted by molar-refractivity contribution is 7.91. The van der Waals surface area contributed by atoms with Crippen LogP contribution in [-0.2, 0) is 9.84 Å². The number of rotatable bonds is 3. The number of anilines is 2. The first kappa shape index (κ1) is 12.5. The van der Waals surface area contributed by atoms with E-state index in [1.54, 1.807) is 18.2 Å². The summed E-state index contributed by atoms with van der Waals surface area (Å²) in [5.74, 6) is 0.745. The molecule has 1 aromatic rings. The van der Waals surface area contributed by atoms with Crippen LogP contribution in [0.5, 0.6) is 0 Å². The van der Waals surface area contributed by atoms with Gasteiger partial charge in [0.1, 0.15) is 0 Å². The second-order valence-electron chi connectivity index (χ2n) is 4.39. The molecule has 1 unspecified atom stereocenters. The van der Waals surface area contributed by atoms with Crippen LogP contribution in [0.2, 0.25) is 5.02 Å². The Morgan fingerprint density at radius 3 is 2.82 bits per heavy atom. The standard InChI is InChI=1S/C11H15ClN2O2S/c12-10-5-9(13)1-2-11(10)14-6-8-3-4-17(15,16)7-8/h1-2,5,8,14H,3-4,6-7,13H2. The molecule has 0 bridgehead atoms. The van der Waals surface area contributed by atoms with Crippen molar-refractivity contribution in [2.75, 3.05) is 29.1 Å². The van der Waals surface area contributed by atoms with E-state index in [0.29, 0.717) is 23.0 Å². The molecule has 1 aromatic carbocycles. The van der Waals surface area contributed by atoms with Crippen molar-refractivity contribution < 1.29 is 8.42 Å². The monoisotopic (exact) mass is 274 g/mol. The van der Waals surface area contributed by atoms with Crippen molar-refractivity contribution in [3.8, 4) is 0 Å². The average molecular weight is 275 g/mol. The van der Waals surface area contributed by atoms with Gasteiger partial charge in [-0.3, -0.25) is 0 Å². The Hall–Kier alpha value is -0.940. The number of benzene rings is 1. The van der Waals surface area contributed by atoms with Crippen molar-refractivity contribution in [1.82, 2.24) is 0 Å². The van der Waals surface area contributed by atoms with Crippen LogP contribution in [0.15, 0.2) is 18.2 Å². The van der Waals surface area contributed by atoms with Crippen LogP contribution in [-0.4, -0.2) is 26.5 Å². The fourth-order valence-electron chi connectivity index (χ4n) is 1.96. The molecule has 0 spiro atoms. The van der Waals surface area contributed by atoms with Crippen LogP contribution in [0, 0.1) is 5.92 Å². The second-order valence-corrected chi connectivity index (χ2v) is 7.03. The van der Waals surface area contributed by atoms with E-state index in [1.165, 1.54) is 0 Å². The fourth-order valence-corrected chi connectivity index (χ4v) is 4.08. The van der Waals surface area contributed by atoms with Gasteiger partial charge in [0.15, 0.2) is 9.84 Å². The lowest BCUT2D eigenvalue weighted by molar-refractivity contribution is 0.596. The van der Waals surface area contributed by atoms with Crippen LogP contribution >= 0.6 is 11.6 Å². The number of nitrogen functional groups attached to an aromatic ring is 1. The summed E-state index contributed by atoms with van der Waals surface area (Å²) in [6.45, 7) is 0.628. The van der Waals surface area contributed by atoms with Crippen LogP contribution in [0.4, 0.5) is 11.4 Å².